The molecule has 4 amide bonds. The van der Waals surface area contributed by atoms with Gasteiger partial charge in [0.25, 0.3) is 11.8 Å². The molecule has 3 rings (SSSR count). The fourth-order valence-electron chi connectivity index (χ4n) is 2.36. The number of anilines is 1. The summed E-state index contributed by atoms with van der Waals surface area (Å²) in [5.41, 5.74) is 8.53. The van der Waals surface area contributed by atoms with E-state index in [1.807, 2.05) is 0 Å². The minimum absolute atomic E-state index is 0.168. The molecule has 0 bridgehead atoms. The van der Waals surface area contributed by atoms with E-state index in [1.54, 1.807) is 36.4 Å². The third-order valence-electron chi connectivity index (χ3n) is 3.74. The van der Waals surface area contributed by atoms with E-state index in [4.69, 9.17) is 45.9 Å². The van der Waals surface area contributed by atoms with Gasteiger partial charge in [0.1, 0.15) is 5.75 Å². The van der Waals surface area contributed by atoms with Gasteiger partial charge in [0, 0.05) is 5.69 Å². The number of hydrazine groups is 1. The van der Waals surface area contributed by atoms with Crippen molar-refractivity contribution < 1.29 is 19.1 Å². The predicted molar refractivity (Wildman–Crippen MR) is 125 cm³/mol. The summed E-state index contributed by atoms with van der Waals surface area (Å²) >= 11 is 18.0. The first kappa shape index (κ1) is 22.9. The molecule has 4 N–H and O–H groups in total. The first-order valence-electron chi connectivity index (χ1n) is 8.55. The summed E-state index contributed by atoms with van der Waals surface area (Å²) in [6.45, 7) is -0.228. The molecule has 2 aromatic carbocycles. The lowest BCUT2D eigenvalue weighted by Gasteiger charge is -2.16. The molecule has 0 radical (unpaired) electrons. The normalized spacial score (nSPS) is 14.6. The molecule has 1 aliphatic rings. The topological polar surface area (TPSA) is 114 Å². The van der Waals surface area contributed by atoms with Gasteiger partial charge in [0.05, 0.1) is 15.0 Å². The number of thioether (sulfide) groups is 1. The number of carbonyl (C=O) groups excluding carboxylic acids is 3. The zero-order valence-electron chi connectivity index (χ0n) is 15.6. The molecule has 0 spiro atoms. The number of hydrogen-bond acceptors (Lipinski definition) is 6. The van der Waals surface area contributed by atoms with Gasteiger partial charge in [-0.1, -0.05) is 47.1 Å². The van der Waals surface area contributed by atoms with Gasteiger partial charge < -0.3 is 15.8 Å². The molecule has 12 heteroatoms. The van der Waals surface area contributed by atoms with E-state index < -0.39 is 17.8 Å². The maximum absolute atomic E-state index is 12.6. The van der Waals surface area contributed by atoms with Crippen molar-refractivity contribution in [2.45, 2.75) is 0 Å². The number of ether oxygens (including phenoxy) is 1. The van der Waals surface area contributed by atoms with Crippen molar-refractivity contribution in [1.82, 2.24) is 10.4 Å². The predicted octanol–water partition coefficient (Wildman–Crippen LogP) is 3.80. The third kappa shape index (κ3) is 6.11. The number of thiocarbonyl (C=S) groups is 1. The Balaban J connectivity index is 1.63. The minimum Gasteiger partial charge on any atom is -0.484 e. The van der Waals surface area contributed by atoms with Crippen molar-refractivity contribution in [3.8, 4) is 5.75 Å². The fourth-order valence-corrected chi connectivity index (χ4v) is 3.84. The van der Waals surface area contributed by atoms with Crippen molar-refractivity contribution in [1.29, 1.82) is 0 Å². The molecule has 8 nitrogen and oxygen atoms in total. The van der Waals surface area contributed by atoms with Gasteiger partial charge in [-0.05, 0) is 54.2 Å². The summed E-state index contributed by atoms with van der Waals surface area (Å²) in [6.07, 6.45) is 1.62. The highest BCUT2D eigenvalue weighted by Crippen LogP contribution is 2.32. The van der Waals surface area contributed by atoms with Crippen molar-refractivity contribution in [3.05, 3.63) is 63.0 Å². The lowest BCUT2D eigenvalue weighted by Crippen LogP contribution is -2.46. The average Bonchev–Trinajstić information content (AvgIpc) is 2.97. The number of carbonyl (C=O) groups is 3. The Morgan fingerprint density at radius 2 is 1.87 bits per heavy atom. The van der Waals surface area contributed by atoms with Crippen LogP contribution in [-0.2, 0) is 9.59 Å². The van der Waals surface area contributed by atoms with Gasteiger partial charge in [0.2, 0.25) is 0 Å². The van der Waals surface area contributed by atoms with E-state index >= 15 is 0 Å². The molecular weight excluding hydrogens is 483 g/mol. The third-order valence-corrected chi connectivity index (χ3v) is 5.78. The maximum Gasteiger partial charge on any atom is 0.338 e. The fraction of sp³-hybridized carbons (Fsp3) is 0.0526. The van der Waals surface area contributed by atoms with Crippen LogP contribution in [0.25, 0.3) is 6.08 Å². The van der Waals surface area contributed by atoms with E-state index in [0.717, 1.165) is 16.8 Å². The Labute approximate surface area is 196 Å². The number of amides is 4. The molecule has 0 aliphatic carbocycles. The van der Waals surface area contributed by atoms with Crippen LogP contribution in [0, 0.1) is 0 Å². The standard InChI is InChI=1S/C19H14Cl2N4O4S2/c20-13-6-3-11(8-14(13)21)23-18(28)24-25-17(27)15(31-19(25)30)7-10-1-4-12(5-2-10)29-9-16(22)26/h1-8H,9H2,(H2,22,26)(H2,23,24,28)/b15-7-. The highest BCUT2D eigenvalue weighted by molar-refractivity contribution is 8.26. The molecule has 160 valence electrons. The Kier molecular flexibility index (Phi) is 7.39. The number of hydrogen-bond donors (Lipinski definition) is 3. The second-order valence-corrected chi connectivity index (χ2v) is 8.53. The first-order chi connectivity index (χ1) is 14.7. The maximum atomic E-state index is 12.6. The molecule has 0 unspecified atom stereocenters. The number of urea groups is 1. The molecule has 31 heavy (non-hydrogen) atoms. The van der Waals surface area contributed by atoms with Gasteiger partial charge in [-0.3, -0.25) is 9.59 Å². The van der Waals surface area contributed by atoms with Crippen molar-refractivity contribution in [2.75, 3.05) is 11.9 Å². The minimum atomic E-state index is -0.674. The van der Waals surface area contributed by atoms with Crippen LogP contribution in [0.3, 0.4) is 0 Å². The van der Waals surface area contributed by atoms with E-state index in [1.165, 1.54) is 12.1 Å². The SMILES string of the molecule is NC(=O)COc1ccc(/C=C2\SC(=S)N(NC(=O)Nc3ccc(Cl)c(Cl)c3)C2=O)cc1. The van der Waals surface area contributed by atoms with Crippen molar-refractivity contribution >= 4 is 81.1 Å². The van der Waals surface area contributed by atoms with Gasteiger partial charge in [0.15, 0.2) is 10.9 Å². The van der Waals surface area contributed by atoms with Crippen LogP contribution in [0.4, 0.5) is 10.5 Å². The number of nitrogens with two attached hydrogens (primary N) is 1. The van der Waals surface area contributed by atoms with Crippen LogP contribution >= 0.6 is 47.2 Å². The van der Waals surface area contributed by atoms with Gasteiger partial charge >= 0.3 is 6.03 Å². The molecule has 1 fully saturated rings. The van der Waals surface area contributed by atoms with E-state index in [-0.39, 0.29) is 16.0 Å². The number of halogens is 2. The van der Waals surface area contributed by atoms with E-state index in [0.29, 0.717) is 26.9 Å². The second-order valence-electron chi connectivity index (χ2n) is 6.04. The van der Waals surface area contributed by atoms with Crippen LogP contribution in [-0.4, -0.2) is 33.8 Å². The Morgan fingerprint density at radius 1 is 1.16 bits per heavy atom. The molecular formula is C19H14Cl2N4O4S2. The quantitative estimate of drug-likeness (QED) is 0.414. The summed E-state index contributed by atoms with van der Waals surface area (Å²) < 4.78 is 5.36. The highest BCUT2D eigenvalue weighted by atomic mass is 35.5. The van der Waals surface area contributed by atoms with Gasteiger partial charge in [-0.25, -0.2) is 10.2 Å². The van der Waals surface area contributed by atoms with Crippen molar-refractivity contribution in [2.24, 2.45) is 5.73 Å². The second kappa shape index (κ2) is 10.0. The molecule has 2 aromatic rings. The molecule has 0 saturated carbocycles. The monoisotopic (exact) mass is 496 g/mol. The van der Waals surface area contributed by atoms with E-state index in [9.17, 15) is 14.4 Å². The van der Waals surface area contributed by atoms with Crippen LogP contribution < -0.4 is 21.2 Å². The number of primary amides is 1. The van der Waals surface area contributed by atoms with Crippen LogP contribution in [0.1, 0.15) is 5.56 Å². The number of nitrogens with zero attached hydrogens (tertiary/aromatic N) is 1. The van der Waals surface area contributed by atoms with Gasteiger partial charge in [-0.2, -0.15) is 5.01 Å². The first-order valence-corrected chi connectivity index (χ1v) is 10.5. The summed E-state index contributed by atoms with van der Waals surface area (Å²) in [6, 6.07) is 10.6. The molecule has 1 heterocycles. The number of rotatable bonds is 6. The lowest BCUT2D eigenvalue weighted by molar-refractivity contribution is -0.123. The Hall–Kier alpha value is -2.79. The van der Waals surface area contributed by atoms with Crippen LogP contribution in [0.5, 0.6) is 5.75 Å². The molecule has 0 aromatic heterocycles. The molecule has 1 aliphatic heterocycles. The summed E-state index contributed by atoms with van der Waals surface area (Å²) in [5.74, 6) is -0.596. The molecule has 0 atom stereocenters. The van der Waals surface area contributed by atoms with E-state index in [2.05, 4.69) is 10.7 Å². The van der Waals surface area contributed by atoms with Gasteiger partial charge in [-0.15, -0.1) is 0 Å². The van der Waals surface area contributed by atoms with Crippen LogP contribution in [0.2, 0.25) is 10.0 Å². The lowest BCUT2D eigenvalue weighted by atomic mass is 10.2. The summed E-state index contributed by atoms with van der Waals surface area (Å²) in [7, 11) is 0. The zero-order chi connectivity index (χ0) is 22.5. The number of nitrogens with one attached hydrogen (secondary N) is 2. The smallest absolute Gasteiger partial charge is 0.338 e. The highest BCUT2D eigenvalue weighted by Gasteiger charge is 2.33. The Bertz CT molecular complexity index is 1090. The summed E-state index contributed by atoms with van der Waals surface area (Å²) in [5, 5.41) is 4.15. The van der Waals surface area contributed by atoms with Crippen LogP contribution in [0.15, 0.2) is 47.4 Å². The Morgan fingerprint density at radius 3 is 2.52 bits per heavy atom. The average molecular weight is 497 g/mol. The van der Waals surface area contributed by atoms with Crippen molar-refractivity contribution in [3.63, 3.8) is 0 Å². The summed E-state index contributed by atoms with van der Waals surface area (Å²) in [4.78, 5) is 36.0. The zero-order valence-corrected chi connectivity index (χ0v) is 18.7. The molecule has 1 saturated heterocycles. The largest absolute Gasteiger partial charge is 0.484 e. The number of benzene rings is 2.